The summed E-state index contributed by atoms with van der Waals surface area (Å²) in [6, 6.07) is 7.67. The number of carbonyl (C=O) groups is 1. The Balaban J connectivity index is 2.49. The van der Waals surface area contributed by atoms with Gasteiger partial charge < -0.3 is 19.9 Å². The third-order valence-electron chi connectivity index (χ3n) is 3.26. The molecule has 0 aliphatic heterocycles. The molecule has 118 valence electrons. The lowest BCUT2D eigenvalue weighted by molar-refractivity contribution is -0.122. The van der Waals surface area contributed by atoms with Crippen molar-refractivity contribution in [3.63, 3.8) is 0 Å². The van der Waals surface area contributed by atoms with Crippen molar-refractivity contribution in [1.29, 1.82) is 0 Å². The van der Waals surface area contributed by atoms with Crippen LogP contribution in [-0.2, 0) is 16.0 Å². The van der Waals surface area contributed by atoms with Crippen molar-refractivity contribution >= 4 is 5.91 Å². The fraction of sp³-hybridized carbons (Fsp3) is 0.562. The second kappa shape index (κ2) is 8.00. The van der Waals surface area contributed by atoms with Crippen LogP contribution in [0.3, 0.4) is 0 Å². The Morgan fingerprint density at radius 1 is 1.33 bits per heavy atom. The maximum Gasteiger partial charge on any atom is 0.217 e. The molecule has 5 nitrogen and oxygen atoms in total. The quantitative estimate of drug-likeness (QED) is 0.763. The Bertz CT molecular complexity index is 442. The number of methoxy groups -OCH3 is 1. The van der Waals surface area contributed by atoms with Crippen LogP contribution in [0.5, 0.6) is 5.75 Å². The van der Waals surface area contributed by atoms with Crippen molar-refractivity contribution in [2.75, 3.05) is 20.3 Å². The number of aliphatic hydroxyl groups is 1. The molecule has 0 aliphatic carbocycles. The zero-order valence-corrected chi connectivity index (χ0v) is 13.2. The van der Waals surface area contributed by atoms with Crippen molar-refractivity contribution in [2.24, 2.45) is 0 Å². The number of ether oxygens (including phenoxy) is 2. The predicted octanol–water partition coefficient (Wildman–Crippen LogP) is 1.53. The highest BCUT2D eigenvalue weighted by Crippen LogP contribution is 2.15. The Kier molecular flexibility index (Phi) is 6.65. The number of rotatable bonds is 8. The van der Waals surface area contributed by atoms with Crippen LogP contribution in [-0.4, -0.2) is 43.0 Å². The first-order valence-electron chi connectivity index (χ1n) is 7.02. The van der Waals surface area contributed by atoms with Gasteiger partial charge >= 0.3 is 0 Å². The van der Waals surface area contributed by atoms with E-state index in [1.54, 1.807) is 21.0 Å². The molecule has 0 spiro atoms. The van der Waals surface area contributed by atoms with Crippen LogP contribution in [0.1, 0.15) is 26.3 Å². The van der Waals surface area contributed by atoms with E-state index < -0.39 is 11.6 Å². The lowest BCUT2D eigenvalue weighted by Gasteiger charge is -2.31. The van der Waals surface area contributed by atoms with Gasteiger partial charge in [-0.25, -0.2) is 0 Å². The van der Waals surface area contributed by atoms with E-state index in [9.17, 15) is 9.90 Å². The molecule has 1 aromatic rings. The average molecular weight is 295 g/mol. The molecule has 0 saturated carbocycles. The van der Waals surface area contributed by atoms with Gasteiger partial charge in [-0.2, -0.15) is 0 Å². The van der Waals surface area contributed by atoms with Gasteiger partial charge in [0.1, 0.15) is 18.5 Å². The summed E-state index contributed by atoms with van der Waals surface area (Å²) in [5.74, 6) is 0.510. The summed E-state index contributed by atoms with van der Waals surface area (Å²) in [6.45, 7) is 5.75. The summed E-state index contributed by atoms with van der Waals surface area (Å²) in [5.41, 5.74) is 0.438. The van der Waals surface area contributed by atoms with Crippen LogP contribution in [0.2, 0.25) is 0 Å². The summed E-state index contributed by atoms with van der Waals surface area (Å²) < 4.78 is 10.6. The number of nitrogens with one attached hydrogen (secondary N) is 1. The van der Waals surface area contributed by atoms with Gasteiger partial charge in [0.2, 0.25) is 5.91 Å². The summed E-state index contributed by atoms with van der Waals surface area (Å²) in [5, 5.41) is 12.8. The molecular weight excluding hydrogens is 270 g/mol. The second-order valence-electron chi connectivity index (χ2n) is 5.62. The van der Waals surface area contributed by atoms with Crippen LogP contribution in [0.25, 0.3) is 0 Å². The molecule has 5 heteroatoms. The summed E-state index contributed by atoms with van der Waals surface area (Å²) >= 11 is 0. The van der Waals surface area contributed by atoms with Crippen LogP contribution in [0.4, 0.5) is 0 Å². The fourth-order valence-electron chi connectivity index (χ4n) is 1.89. The number of hydrogen-bond donors (Lipinski definition) is 2. The maximum absolute atomic E-state index is 11.1. The number of benzene rings is 1. The molecule has 0 aromatic heterocycles. The second-order valence-corrected chi connectivity index (χ2v) is 5.62. The molecule has 0 saturated heterocycles. The Hall–Kier alpha value is -1.59. The molecule has 21 heavy (non-hydrogen) atoms. The summed E-state index contributed by atoms with van der Waals surface area (Å²) in [7, 11) is 1.68. The van der Waals surface area contributed by atoms with Crippen LogP contribution in [0, 0.1) is 0 Å². The van der Waals surface area contributed by atoms with Gasteiger partial charge in [-0.15, -0.1) is 0 Å². The van der Waals surface area contributed by atoms with E-state index in [0.717, 1.165) is 6.42 Å². The summed E-state index contributed by atoms with van der Waals surface area (Å²) in [6.07, 6.45) is 0.0594. The minimum absolute atomic E-state index is 0.116. The molecule has 1 unspecified atom stereocenters. The van der Waals surface area contributed by atoms with Crippen molar-refractivity contribution < 1.29 is 19.4 Å². The van der Waals surface area contributed by atoms with Gasteiger partial charge in [0, 0.05) is 14.0 Å². The zero-order valence-electron chi connectivity index (χ0n) is 13.2. The average Bonchev–Trinajstić information content (AvgIpc) is 2.42. The zero-order chi connectivity index (χ0) is 15.9. The molecular formula is C16H25NO4. The van der Waals surface area contributed by atoms with E-state index in [1.165, 1.54) is 12.5 Å². The predicted molar refractivity (Wildman–Crippen MR) is 81.4 cm³/mol. The largest absolute Gasteiger partial charge is 0.491 e. The van der Waals surface area contributed by atoms with Crippen LogP contribution < -0.4 is 10.1 Å². The van der Waals surface area contributed by atoms with Crippen molar-refractivity contribution in [3.05, 3.63) is 29.8 Å². The molecule has 0 fully saturated rings. The standard InChI is InChI=1S/C16H25NO4/c1-12(18)17-16(2,3)15(19)11-21-14-7-5-13(6-8-14)9-10-20-4/h5-8,15,19H,9-11H2,1-4H3,(H,17,18). The van der Waals surface area contributed by atoms with Gasteiger partial charge in [-0.1, -0.05) is 12.1 Å². The minimum Gasteiger partial charge on any atom is -0.491 e. The van der Waals surface area contributed by atoms with E-state index in [2.05, 4.69) is 5.32 Å². The van der Waals surface area contributed by atoms with Crippen molar-refractivity contribution in [3.8, 4) is 5.75 Å². The van der Waals surface area contributed by atoms with Gasteiger partial charge in [0.05, 0.1) is 12.1 Å². The molecule has 2 N–H and O–H groups in total. The van der Waals surface area contributed by atoms with Gasteiger partial charge in [-0.05, 0) is 38.0 Å². The number of amides is 1. The molecule has 0 heterocycles. The van der Waals surface area contributed by atoms with E-state index in [4.69, 9.17) is 9.47 Å². The fourth-order valence-corrected chi connectivity index (χ4v) is 1.89. The Morgan fingerprint density at radius 2 is 1.95 bits per heavy atom. The first kappa shape index (κ1) is 17.5. The monoisotopic (exact) mass is 295 g/mol. The molecule has 1 rings (SSSR count). The normalized spacial score (nSPS) is 12.8. The molecule has 0 bridgehead atoms. The first-order valence-corrected chi connectivity index (χ1v) is 7.02. The smallest absolute Gasteiger partial charge is 0.217 e. The third kappa shape index (κ3) is 6.14. The SMILES string of the molecule is COCCc1ccc(OCC(O)C(C)(C)NC(C)=O)cc1. The minimum atomic E-state index is -0.797. The number of hydrogen-bond acceptors (Lipinski definition) is 4. The van der Waals surface area contributed by atoms with Crippen LogP contribution >= 0.6 is 0 Å². The Morgan fingerprint density at radius 3 is 2.48 bits per heavy atom. The molecule has 1 amide bonds. The molecule has 0 aliphatic rings. The maximum atomic E-state index is 11.1. The highest BCUT2D eigenvalue weighted by molar-refractivity contribution is 5.73. The van der Waals surface area contributed by atoms with E-state index in [0.29, 0.717) is 12.4 Å². The highest BCUT2D eigenvalue weighted by Gasteiger charge is 2.29. The van der Waals surface area contributed by atoms with Crippen molar-refractivity contribution in [1.82, 2.24) is 5.32 Å². The van der Waals surface area contributed by atoms with E-state index in [1.807, 2.05) is 24.3 Å². The van der Waals surface area contributed by atoms with Crippen molar-refractivity contribution in [2.45, 2.75) is 38.8 Å². The van der Waals surface area contributed by atoms with Gasteiger partial charge in [0.15, 0.2) is 0 Å². The lowest BCUT2D eigenvalue weighted by Crippen LogP contribution is -2.53. The van der Waals surface area contributed by atoms with E-state index in [-0.39, 0.29) is 12.5 Å². The van der Waals surface area contributed by atoms with Crippen LogP contribution in [0.15, 0.2) is 24.3 Å². The number of carbonyl (C=O) groups excluding carboxylic acids is 1. The highest BCUT2D eigenvalue weighted by atomic mass is 16.5. The molecule has 0 radical (unpaired) electrons. The third-order valence-corrected chi connectivity index (χ3v) is 3.26. The lowest BCUT2D eigenvalue weighted by atomic mass is 9.98. The topological polar surface area (TPSA) is 67.8 Å². The van der Waals surface area contributed by atoms with E-state index >= 15 is 0 Å². The molecule has 1 aromatic carbocycles. The molecule has 1 atom stereocenters. The first-order chi connectivity index (χ1) is 9.85. The Labute approximate surface area is 126 Å². The van der Waals surface area contributed by atoms with Gasteiger partial charge in [0.25, 0.3) is 0 Å². The number of aliphatic hydroxyl groups excluding tert-OH is 1. The van der Waals surface area contributed by atoms with Gasteiger partial charge in [-0.3, -0.25) is 4.79 Å². The summed E-state index contributed by atoms with van der Waals surface area (Å²) in [4.78, 5) is 11.1.